The van der Waals surface area contributed by atoms with E-state index < -0.39 is 42.1 Å². The van der Waals surface area contributed by atoms with E-state index in [4.69, 9.17) is 4.74 Å². The summed E-state index contributed by atoms with van der Waals surface area (Å²) < 4.78 is 64.0. The van der Waals surface area contributed by atoms with Crippen LogP contribution in [-0.4, -0.2) is 55.5 Å². The Kier molecular flexibility index (Phi) is 7.77. The minimum atomic E-state index is -4.68. The summed E-state index contributed by atoms with van der Waals surface area (Å²) in [6.45, 7) is 4.97. The number of hydrogen-bond donors (Lipinski definition) is 1. The molecule has 0 saturated carbocycles. The SMILES string of the molecule is COC(=O)c1ccc(C(F)(F)F)c(N[C@@H](CF)C2CCN(C(=O)OC(C)(C)C)CC2)c1. The van der Waals surface area contributed by atoms with Crippen molar-refractivity contribution in [2.45, 2.75) is 51.4 Å². The van der Waals surface area contributed by atoms with Gasteiger partial charge in [-0.05, 0) is 57.7 Å². The maximum absolute atomic E-state index is 13.8. The summed E-state index contributed by atoms with van der Waals surface area (Å²) in [6, 6.07) is 1.90. The van der Waals surface area contributed by atoms with Crippen LogP contribution in [0.15, 0.2) is 18.2 Å². The molecule has 1 aliphatic rings. The van der Waals surface area contributed by atoms with Crippen molar-refractivity contribution in [3.05, 3.63) is 29.3 Å². The minimum absolute atomic E-state index is 0.0737. The molecule has 0 spiro atoms. The van der Waals surface area contributed by atoms with E-state index in [9.17, 15) is 27.2 Å². The lowest BCUT2D eigenvalue weighted by Crippen LogP contribution is -2.45. The molecule has 0 aliphatic carbocycles. The average Bonchev–Trinajstić information content (AvgIpc) is 2.69. The first-order valence-corrected chi connectivity index (χ1v) is 9.95. The van der Waals surface area contributed by atoms with Gasteiger partial charge in [-0.3, -0.25) is 0 Å². The molecule has 1 saturated heterocycles. The average molecular weight is 448 g/mol. The van der Waals surface area contributed by atoms with Gasteiger partial charge in [0, 0.05) is 18.8 Å². The highest BCUT2D eigenvalue weighted by atomic mass is 19.4. The lowest BCUT2D eigenvalue weighted by molar-refractivity contribution is -0.137. The fourth-order valence-electron chi connectivity index (χ4n) is 3.45. The van der Waals surface area contributed by atoms with Crippen LogP contribution in [0.1, 0.15) is 49.5 Å². The molecule has 31 heavy (non-hydrogen) atoms. The lowest BCUT2D eigenvalue weighted by atomic mass is 9.89. The molecule has 1 heterocycles. The van der Waals surface area contributed by atoms with E-state index in [1.807, 2.05) is 0 Å². The van der Waals surface area contributed by atoms with Gasteiger partial charge in [0.25, 0.3) is 0 Å². The van der Waals surface area contributed by atoms with Crippen molar-refractivity contribution in [3.8, 4) is 0 Å². The molecular weight excluding hydrogens is 420 g/mol. The second kappa shape index (κ2) is 9.74. The fraction of sp³-hybridized carbons (Fsp3) is 0.619. The third-order valence-corrected chi connectivity index (χ3v) is 5.01. The van der Waals surface area contributed by atoms with Gasteiger partial charge in [0.05, 0.1) is 24.3 Å². The molecule has 0 radical (unpaired) electrons. The summed E-state index contributed by atoms with van der Waals surface area (Å²) >= 11 is 0. The lowest BCUT2D eigenvalue weighted by Gasteiger charge is -2.36. The smallest absolute Gasteiger partial charge is 0.418 e. The topological polar surface area (TPSA) is 67.9 Å². The van der Waals surface area contributed by atoms with Gasteiger partial charge >= 0.3 is 18.2 Å². The Morgan fingerprint density at radius 3 is 2.29 bits per heavy atom. The highest BCUT2D eigenvalue weighted by Gasteiger charge is 2.36. The number of nitrogens with zero attached hydrogens (tertiary/aromatic N) is 1. The Morgan fingerprint density at radius 2 is 1.81 bits per heavy atom. The standard InChI is InChI=1S/C21H28F4N2O4/c1-20(2,3)31-19(29)27-9-7-13(8-10-27)17(12-22)26-16-11-14(18(28)30-4)5-6-15(16)21(23,24)25/h5-6,11,13,17,26H,7-10,12H2,1-4H3/t17-/m0/s1. The van der Waals surface area contributed by atoms with Gasteiger partial charge in [0.1, 0.15) is 12.3 Å². The zero-order valence-corrected chi connectivity index (χ0v) is 18.0. The van der Waals surface area contributed by atoms with Gasteiger partial charge in [0.15, 0.2) is 0 Å². The number of halogens is 4. The number of likely N-dealkylation sites (tertiary alicyclic amines) is 1. The molecule has 1 aromatic carbocycles. The number of ether oxygens (including phenoxy) is 2. The first-order chi connectivity index (χ1) is 14.4. The van der Waals surface area contributed by atoms with Crippen molar-refractivity contribution >= 4 is 17.7 Å². The Morgan fingerprint density at radius 1 is 1.19 bits per heavy atom. The number of rotatable bonds is 5. The summed E-state index contributed by atoms with van der Waals surface area (Å²) in [6.07, 6.45) is -4.35. The molecule has 0 aromatic heterocycles. The van der Waals surface area contributed by atoms with Gasteiger partial charge < -0.3 is 19.7 Å². The van der Waals surface area contributed by atoms with Gasteiger partial charge in [-0.25, -0.2) is 14.0 Å². The van der Waals surface area contributed by atoms with Gasteiger partial charge in [0.2, 0.25) is 0 Å². The molecule has 1 atom stereocenters. The van der Waals surface area contributed by atoms with Gasteiger partial charge in [-0.15, -0.1) is 0 Å². The minimum Gasteiger partial charge on any atom is -0.465 e. The number of piperidine rings is 1. The number of alkyl halides is 4. The Balaban J connectivity index is 2.14. The van der Waals surface area contributed by atoms with Crippen molar-refractivity contribution in [3.63, 3.8) is 0 Å². The Hall–Kier alpha value is -2.52. The van der Waals surface area contributed by atoms with E-state index in [-0.39, 0.29) is 17.2 Å². The van der Waals surface area contributed by atoms with E-state index >= 15 is 0 Å². The second-order valence-corrected chi connectivity index (χ2v) is 8.46. The quantitative estimate of drug-likeness (QED) is 0.513. The largest absolute Gasteiger partial charge is 0.465 e. The number of anilines is 1. The molecule has 6 nitrogen and oxygen atoms in total. The van der Waals surface area contributed by atoms with Gasteiger partial charge in [-0.2, -0.15) is 13.2 Å². The van der Waals surface area contributed by atoms with E-state index in [1.54, 1.807) is 20.8 Å². The summed E-state index contributed by atoms with van der Waals surface area (Å²) in [7, 11) is 1.12. The molecule has 0 bridgehead atoms. The predicted octanol–water partition coefficient (Wildman–Crippen LogP) is 4.89. The number of carbonyl (C=O) groups excluding carboxylic acids is 2. The number of carbonyl (C=O) groups is 2. The fourth-order valence-corrected chi connectivity index (χ4v) is 3.45. The zero-order chi connectivity index (χ0) is 23.4. The van der Waals surface area contributed by atoms with Crippen LogP contribution in [0.2, 0.25) is 0 Å². The van der Waals surface area contributed by atoms with Crippen LogP contribution in [0.3, 0.4) is 0 Å². The third kappa shape index (κ3) is 6.73. The molecule has 2 rings (SSSR count). The van der Waals surface area contributed by atoms with Crippen LogP contribution in [0.25, 0.3) is 0 Å². The summed E-state index contributed by atoms with van der Waals surface area (Å²) in [5.41, 5.74) is -2.09. The Labute approximate surface area is 178 Å². The molecule has 1 aromatic rings. The number of nitrogens with one attached hydrogen (secondary N) is 1. The molecular formula is C21H28F4N2O4. The monoisotopic (exact) mass is 448 g/mol. The first-order valence-electron chi connectivity index (χ1n) is 9.95. The number of benzene rings is 1. The van der Waals surface area contributed by atoms with Crippen molar-refractivity contribution in [1.29, 1.82) is 0 Å². The van der Waals surface area contributed by atoms with Crippen LogP contribution >= 0.6 is 0 Å². The molecule has 1 fully saturated rings. The first kappa shape index (κ1) is 24.7. The molecule has 1 aliphatic heterocycles. The molecule has 1 amide bonds. The second-order valence-electron chi connectivity index (χ2n) is 8.46. The molecule has 1 N–H and O–H groups in total. The van der Waals surface area contributed by atoms with E-state index in [0.717, 1.165) is 25.3 Å². The maximum atomic E-state index is 13.8. The number of amides is 1. The van der Waals surface area contributed by atoms with Crippen molar-refractivity contribution < 1.29 is 36.6 Å². The summed E-state index contributed by atoms with van der Waals surface area (Å²) in [5.74, 6) is -1.09. The van der Waals surface area contributed by atoms with Crippen molar-refractivity contribution in [1.82, 2.24) is 4.90 Å². The molecule has 174 valence electrons. The number of esters is 1. The summed E-state index contributed by atoms with van der Waals surface area (Å²) in [4.78, 5) is 25.4. The molecule has 0 unspecified atom stereocenters. The van der Waals surface area contributed by atoms with E-state index in [2.05, 4.69) is 10.1 Å². The van der Waals surface area contributed by atoms with Crippen molar-refractivity contribution in [2.24, 2.45) is 5.92 Å². The predicted molar refractivity (Wildman–Crippen MR) is 107 cm³/mol. The Bertz CT molecular complexity index is 785. The van der Waals surface area contributed by atoms with Gasteiger partial charge in [-0.1, -0.05) is 0 Å². The van der Waals surface area contributed by atoms with Crippen LogP contribution in [0.5, 0.6) is 0 Å². The van der Waals surface area contributed by atoms with Crippen LogP contribution in [0.4, 0.5) is 28.0 Å². The highest BCUT2D eigenvalue weighted by Crippen LogP contribution is 2.37. The number of methoxy groups -OCH3 is 1. The van der Waals surface area contributed by atoms with Crippen LogP contribution < -0.4 is 5.32 Å². The number of hydrogen-bond acceptors (Lipinski definition) is 5. The van der Waals surface area contributed by atoms with Crippen molar-refractivity contribution in [2.75, 3.05) is 32.2 Å². The summed E-state index contributed by atoms with van der Waals surface area (Å²) in [5, 5.41) is 2.64. The van der Waals surface area contributed by atoms with E-state index in [0.29, 0.717) is 25.9 Å². The normalized spacial score (nSPS) is 16.6. The molecule has 10 heteroatoms. The van der Waals surface area contributed by atoms with Crippen LogP contribution in [-0.2, 0) is 15.7 Å². The third-order valence-electron chi connectivity index (χ3n) is 5.01. The van der Waals surface area contributed by atoms with E-state index in [1.165, 1.54) is 4.90 Å². The highest BCUT2D eigenvalue weighted by molar-refractivity contribution is 5.90. The maximum Gasteiger partial charge on any atom is 0.418 e. The zero-order valence-electron chi connectivity index (χ0n) is 18.0. The van der Waals surface area contributed by atoms with Crippen LogP contribution in [0, 0.1) is 5.92 Å².